The van der Waals surface area contributed by atoms with Crippen molar-refractivity contribution in [1.82, 2.24) is 0 Å². The molecule has 62 valence electrons. The lowest BCUT2D eigenvalue weighted by molar-refractivity contribution is 0.373. The summed E-state index contributed by atoms with van der Waals surface area (Å²) in [7, 11) is 1.88. The third kappa shape index (κ3) is 2.18. The van der Waals surface area contributed by atoms with E-state index in [1.807, 2.05) is 7.05 Å². The number of aliphatic imine (C=N–C) groups is 1. The molecule has 0 amide bonds. The van der Waals surface area contributed by atoms with Gasteiger partial charge in [0.25, 0.3) is 0 Å². The molecule has 1 heteroatoms. The van der Waals surface area contributed by atoms with Gasteiger partial charge in [-0.3, -0.25) is 4.99 Å². The maximum absolute atomic E-state index is 4.23. The van der Waals surface area contributed by atoms with Crippen LogP contribution in [0.5, 0.6) is 0 Å². The molecule has 0 unspecified atom stereocenters. The van der Waals surface area contributed by atoms with Crippen LogP contribution in [-0.4, -0.2) is 12.8 Å². The van der Waals surface area contributed by atoms with E-state index in [-0.39, 0.29) is 0 Å². The Labute approximate surface area is 69.2 Å². The maximum Gasteiger partial charge on any atom is 0.0349 e. The highest BCUT2D eigenvalue weighted by Crippen LogP contribution is 2.33. The van der Waals surface area contributed by atoms with E-state index < -0.39 is 0 Å². The second kappa shape index (κ2) is 2.80. The molecule has 0 saturated carbocycles. The molecule has 0 atom stereocenters. The summed E-state index contributed by atoms with van der Waals surface area (Å²) in [6, 6.07) is 0. The highest BCUT2D eigenvalue weighted by molar-refractivity contribution is 5.96. The van der Waals surface area contributed by atoms with Crippen LogP contribution in [0.25, 0.3) is 0 Å². The van der Waals surface area contributed by atoms with Crippen LogP contribution >= 0.6 is 0 Å². The van der Waals surface area contributed by atoms with Crippen molar-refractivity contribution in [1.29, 1.82) is 0 Å². The minimum Gasteiger partial charge on any atom is -0.293 e. The van der Waals surface area contributed by atoms with Gasteiger partial charge < -0.3 is 0 Å². The minimum atomic E-state index is 0.424. The van der Waals surface area contributed by atoms with Crippen LogP contribution in [0.2, 0.25) is 0 Å². The second-order valence-electron chi connectivity index (χ2n) is 4.22. The second-order valence-corrected chi connectivity index (χ2v) is 4.22. The Hall–Kier alpha value is -0.590. The highest BCUT2D eigenvalue weighted by atomic mass is 14.7. The number of allylic oxidation sites excluding steroid dienone is 2. The fourth-order valence-corrected chi connectivity index (χ4v) is 1.84. The van der Waals surface area contributed by atoms with Crippen LogP contribution in [0.1, 0.15) is 33.6 Å². The fourth-order valence-electron chi connectivity index (χ4n) is 1.84. The first-order chi connectivity index (χ1) is 5.03. The van der Waals surface area contributed by atoms with Gasteiger partial charge in [0.2, 0.25) is 0 Å². The van der Waals surface area contributed by atoms with E-state index in [9.17, 15) is 0 Å². The molecule has 0 heterocycles. The van der Waals surface area contributed by atoms with Gasteiger partial charge in [0.15, 0.2) is 0 Å². The molecule has 1 aliphatic rings. The van der Waals surface area contributed by atoms with E-state index in [0.717, 1.165) is 6.42 Å². The zero-order valence-corrected chi connectivity index (χ0v) is 7.94. The first-order valence-corrected chi connectivity index (χ1v) is 4.16. The monoisotopic (exact) mass is 151 g/mol. The Balaban J connectivity index is 2.86. The fraction of sp³-hybridized carbons (Fsp3) is 0.700. The van der Waals surface area contributed by atoms with Crippen LogP contribution in [-0.2, 0) is 0 Å². The van der Waals surface area contributed by atoms with Crippen molar-refractivity contribution in [2.75, 3.05) is 7.05 Å². The lowest BCUT2D eigenvalue weighted by atomic mass is 9.77. The van der Waals surface area contributed by atoms with Crippen LogP contribution < -0.4 is 0 Å². The number of hydrogen-bond donors (Lipinski definition) is 0. The molecule has 0 aromatic rings. The summed E-state index contributed by atoms with van der Waals surface area (Å²) in [5, 5.41) is 0. The third-order valence-corrected chi connectivity index (χ3v) is 2.12. The van der Waals surface area contributed by atoms with Crippen LogP contribution in [0.15, 0.2) is 16.6 Å². The van der Waals surface area contributed by atoms with Gasteiger partial charge in [-0.25, -0.2) is 0 Å². The van der Waals surface area contributed by atoms with Crippen molar-refractivity contribution in [2.45, 2.75) is 33.6 Å². The molecule has 0 aromatic heterocycles. The smallest absolute Gasteiger partial charge is 0.0349 e. The molecule has 0 saturated heterocycles. The van der Waals surface area contributed by atoms with Crippen LogP contribution in [0.3, 0.4) is 0 Å². The van der Waals surface area contributed by atoms with Gasteiger partial charge in [0.1, 0.15) is 0 Å². The van der Waals surface area contributed by atoms with Crippen molar-refractivity contribution < 1.29 is 0 Å². The molecule has 11 heavy (non-hydrogen) atoms. The van der Waals surface area contributed by atoms with Gasteiger partial charge in [-0.2, -0.15) is 0 Å². The van der Waals surface area contributed by atoms with Crippen LogP contribution in [0, 0.1) is 5.41 Å². The number of hydrogen-bond acceptors (Lipinski definition) is 1. The summed E-state index contributed by atoms with van der Waals surface area (Å²) >= 11 is 0. The molecule has 0 aliphatic heterocycles. The van der Waals surface area contributed by atoms with Gasteiger partial charge in [-0.15, -0.1) is 0 Å². The number of rotatable bonds is 0. The highest BCUT2D eigenvalue weighted by Gasteiger charge is 2.23. The van der Waals surface area contributed by atoms with E-state index in [1.165, 1.54) is 17.7 Å². The Bertz CT molecular complexity index is 209. The summed E-state index contributed by atoms with van der Waals surface area (Å²) in [5.74, 6) is 0. The van der Waals surface area contributed by atoms with Crippen molar-refractivity contribution in [3.63, 3.8) is 0 Å². The standard InChI is InChI=1S/C10H17N/c1-8-5-9(11-4)7-10(2,3)6-8/h5H,6-7H2,1-4H3/b11-9-. The summed E-state index contributed by atoms with van der Waals surface area (Å²) in [4.78, 5) is 4.23. The summed E-state index contributed by atoms with van der Waals surface area (Å²) < 4.78 is 0. The number of nitrogens with zero attached hydrogens (tertiary/aromatic N) is 1. The van der Waals surface area contributed by atoms with E-state index in [0.29, 0.717) is 5.41 Å². The quantitative estimate of drug-likeness (QED) is 0.505. The van der Waals surface area contributed by atoms with Gasteiger partial charge in [-0.1, -0.05) is 19.4 Å². The molecule has 1 nitrogen and oxygen atoms in total. The molecule has 0 N–H and O–H groups in total. The zero-order valence-electron chi connectivity index (χ0n) is 7.94. The molecule has 1 aliphatic carbocycles. The van der Waals surface area contributed by atoms with Gasteiger partial charge >= 0.3 is 0 Å². The first kappa shape index (κ1) is 8.51. The van der Waals surface area contributed by atoms with Crippen molar-refractivity contribution >= 4 is 5.71 Å². The van der Waals surface area contributed by atoms with E-state index in [4.69, 9.17) is 0 Å². The van der Waals surface area contributed by atoms with Crippen LogP contribution in [0.4, 0.5) is 0 Å². The molecule has 0 fully saturated rings. The molecule has 0 spiro atoms. The topological polar surface area (TPSA) is 12.4 Å². The van der Waals surface area contributed by atoms with Gasteiger partial charge in [-0.05, 0) is 31.3 Å². The zero-order chi connectivity index (χ0) is 8.48. The molecule has 1 rings (SSSR count). The summed E-state index contributed by atoms with van der Waals surface area (Å²) in [6.45, 7) is 6.79. The normalized spacial score (nSPS) is 26.9. The molecular formula is C10H17N. The predicted octanol–water partition coefficient (Wildman–Crippen LogP) is 2.82. The van der Waals surface area contributed by atoms with Crippen molar-refractivity contribution in [2.24, 2.45) is 10.4 Å². The third-order valence-electron chi connectivity index (χ3n) is 2.12. The van der Waals surface area contributed by atoms with Gasteiger partial charge in [0, 0.05) is 12.8 Å². The Morgan fingerprint density at radius 3 is 2.45 bits per heavy atom. The summed E-state index contributed by atoms with van der Waals surface area (Å²) in [6.07, 6.45) is 4.55. The molecule has 0 bridgehead atoms. The Morgan fingerprint density at radius 1 is 1.36 bits per heavy atom. The van der Waals surface area contributed by atoms with E-state index in [2.05, 4.69) is 31.8 Å². The minimum absolute atomic E-state index is 0.424. The molecule has 0 radical (unpaired) electrons. The SMILES string of the molecule is C/N=C1/C=C(C)CC(C)(C)C1. The average molecular weight is 151 g/mol. The largest absolute Gasteiger partial charge is 0.293 e. The lowest BCUT2D eigenvalue weighted by Gasteiger charge is -2.29. The Morgan fingerprint density at radius 2 is 2.00 bits per heavy atom. The van der Waals surface area contributed by atoms with Crippen molar-refractivity contribution in [3.05, 3.63) is 11.6 Å². The maximum atomic E-state index is 4.23. The predicted molar refractivity (Wildman–Crippen MR) is 50.1 cm³/mol. The molecular weight excluding hydrogens is 134 g/mol. The first-order valence-electron chi connectivity index (χ1n) is 4.16. The lowest BCUT2D eigenvalue weighted by Crippen LogP contribution is -2.21. The molecule has 0 aromatic carbocycles. The van der Waals surface area contributed by atoms with Gasteiger partial charge in [0.05, 0.1) is 0 Å². The van der Waals surface area contributed by atoms with Crippen molar-refractivity contribution in [3.8, 4) is 0 Å². The summed E-state index contributed by atoms with van der Waals surface area (Å²) in [5.41, 5.74) is 3.13. The van der Waals surface area contributed by atoms with E-state index in [1.54, 1.807) is 0 Å². The van der Waals surface area contributed by atoms with E-state index >= 15 is 0 Å². The Kier molecular flexibility index (Phi) is 2.17. The average Bonchev–Trinajstić information content (AvgIpc) is 1.83.